The van der Waals surface area contributed by atoms with Crippen LogP contribution in [-0.4, -0.2) is 32.2 Å². The molecule has 0 unspecified atom stereocenters. The first-order chi connectivity index (χ1) is 15.6. The Morgan fingerprint density at radius 3 is 2.42 bits per heavy atom. The summed E-state index contributed by atoms with van der Waals surface area (Å²) >= 11 is 0. The zero-order valence-corrected chi connectivity index (χ0v) is 18.7. The van der Waals surface area contributed by atoms with Crippen LogP contribution in [0.4, 0.5) is 20.8 Å². The average Bonchev–Trinajstić information content (AvgIpc) is 3.12. The zero-order chi connectivity index (χ0) is 23.8. The highest BCUT2D eigenvalue weighted by molar-refractivity contribution is 6.10. The van der Waals surface area contributed by atoms with E-state index in [0.717, 1.165) is 10.8 Å². The van der Waals surface area contributed by atoms with E-state index >= 15 is 0 Å². The van der Waals surface area contributed by atoms with Gasteiger partial charge >= 0.3 is 6.09 Å². The highest BCUT2D eigenvalue weighted by atomic mass is 19.1. The van der Waals surface area contributed by atoms with Crippen LogP contribution in [0, 0.1) is 12.7 Å². The van der Waals surface area contributed by atoms with Gasteiger partial charge in [0.15, 0.2) is 5.82 Å². The van der Waals surface area contributed by atoms with Gasteiger partial charge < -0.3 is 10.1 Å². The lowest BCUT2D eigenvalue weighted by atomic mass is 10.0. The number of nitrogens with one attached hydrogen (secondary N) is 1. The Morgan fingerprint density at radius 2 is 1.73 bits per heavy atom. The van der Waals surface area contributed by atoms with E-state index in [1.807, 2.05) is 24.3 Å². The average molecular weight is 446 g/mol. The summed E-state index contributed by atoms with van der Waals surface area (Å²) < 4.78 is 19.8. The fourth-order valence-electron chi connectivity index (χ4n) is 3.31. The predicted octanol–water partition coefficient (Wildman–Crippen LogP) is 5.64. The quantitative estimate of drug-likeness (QED) is 0.409. The van der Waals surface area contributed by atoms with Gasteiger partial charge in [-0.3, -0.25) is 4.79 Å². The molecule has 0 atom stereocenters. The van der Waals surface area contributed by atoms with Crippen LogP contribution in [0.3, 0.4) is 0 Å². The molecule has 8 heteroatoms. The lowest BCUT2D eigenvalue weighted by Crippen LogP contribution is -2.28. The van der Waals surface area contributed by atoms with Crippen LogP contribution in [0.15, 0.2) is 60.7 Å². The maximum Gasteiger partial charge on any atom is 0.435 e. The second-order valence-electron chi connectivity index (χ2n) is 8.60. The van der Waals surface area contributed by atoms with E-state index in [9.17, 15) is 14.0 Å². The SMILES string of the molecule is Cc1cc(Nc2nc(C(=O)c3ccc(F)cc3)cc3ccccc23)nn1C(=O)OC(C)(C)C. The van der Waals surface area contributed by atoms with Crippen LogP contribution in [0.25, 0.3) is 10.8 Å². The van der Waals surface area contributed by atoms with Crippen molar-refractivity contribution in [1.29, 1.82) is 0 Å². The van der Waals surface area contributed by atoms with E-state index in [2.05, 4.69) is 15.4 Å². The maximum absolute atomic E-state index is 13.3. The van der Waals surface area contributed by atoms with Crippen molar-refractivity contribution in [3.63, 3.8) is 0 Å². The number of anilines is 2. The van der Waals surface area contributed by atoms with Crippen LogP contribution in [-0.2, 0) is 4.74 Å². The molecular weight excluding hydrogens is 423 g/mol. The third kappa shape index (κ3) is 4.90. The molecule has 0 aliphatic heterocycles. The number of hydrogen-bond donors (Lipinski definition) is 1. The minimum Gasteiger partial charge on any atom is -0.442 e. The number of hydrogen-bond acceptors (Lipinski definition) is 6. The van der Waals surface area contributed by atoms with Crippen LogP contribution >= 0.6 is 0 Å². The van der Waals surface area contributed by atoms with Gasteiger partial charge in [-0.05, 0) is 63.4 Å². The third-order valence-corrected chi connectivity index (χ3v) is 4.78. The summed E-state index contributed by atoms with van der Waals surface area (Å²) in [5.41, 5.74) is 0.450. The fraction of sp³-hybridized carbons (Fsp3) is 0.200. The van der Waals surface area contributed by atoms with Crippen molar-refractivity contribution in [2.45, 2.75) is 33.3 Å². The molecule has 0 saturated heterocycles. The van der Waals surface area contributed by atoms with E-state index < -0.39 is 17.5 Å². The Bertz CT molecular complexity index is 1350. The molecule has 168 valence electrons. The second kappa shape index (κ2) is 8.46. The van der Waals surface area contributed by atoms with Gasteiger partial charge in [-0.2, -0.15) is 4.68 Å². The molecule has 0 spiro atoms. The van der Waals surface area contributed by atoms with Gasteiger partial charge in [-0.1, -0.05) is 24.3 Å². The topological polar surface area (TPSA) is 86.1 Å². The molecule has 0 saturated carbocycles. The lowest BCUT2D eigenvalue weighted by molar-refractivity contribution is 0.0511. The normalized spacial score (nSPS) is 11.4. The largest absolute Gasteiger partial charge is 0.442 e. The number of ether oxygens (including phenoxy) is 1. The fourth-order valence-corrected chi connectivity index (χ4v) is 3.31. The van der Waals surface area contributed by atoms with E-state index in [1.54, 1.807) is 39.8 Å². The first kappa shape index (κ1) is 22.1. The van der Waals surface area contributed by atoms with Crippen molar-refractivity contribution in [3.05, 3.63) is 83.4 Å². The minimum absolute atomic E-state index is 0.200. The first-order valence-electron chi connectivity index (χ1n) is 10.4. The van der Waals surface area contributed by atoms with Crippen molar-refractivity contribution in [1.82, 2.24) is 14.8 Å². The number of benzene rings is 2. The van der Waals surface area contributed by atoms with Crippen LogP contribution in [0.2, 0.25) is 0 Å². The van der Waals surface area contributed by atoms with Crippen molar-refractivity contribution in [2.75, 3.05) is 5.32 Å². The summed E-state index contributed by atoms with van der Waals surface area (Å²) in [6.07, 6.45) is -0.592. The number of carbonyl (C=O) groups excluding carboxylic acids is 2. The molecule has 2 heterocycles. The highest BCUT2D eigenvalue weighted by Gasteiger charge is 2.21. The van der Waals surface area contributed by atoms with E-state index in [-0.39, 0.29) is 11.5 Å². The summed E-state index contributed by atoms with van der Waals surface area (Å²) in [4.78, 5) is 30.0. The Hall–Kier alpha value is -4.07. The van der Waals surface area contributed by atoms with Crippen LogP contribution in [0.5, 0.6) is 0 Å². The molecule has 0 bridgehead atoms. The molecule has 4 aromatic rings. The molecule has 1 N–H and O–H groups in total. The van der Waals surface area contributed by atoms with Crippen molar-refractivity contribution < 1.29 is 18.7 Å². The summed E-state index contributed by atoms with van der Waals surface area (Å²) in [7, 11) is 0. The second-order valence-corrected chi connectivity index (χ2v) is 8.60. The molecule has 0 radical (unpaired) electrons. The number of pyridine rings is 1. The molecule has 0 fully saturated rings. The molecule has 33 heavy (non-hydrogen) atoms. The monoisotopic (exact) mass is 446 g/mol. The van der Waals surface area contributed by atoms with Gasteiger partial charge in [0.05, 0.1) is 0 Å². The minimum atomic E-state index is -0.657. The first-order valence-corrected chi connectivity index (χ1v) is 10.4. The third-order valence-electron chi connectivity index (χ3n) is 4.78. The van der Waals surface area contributed by atoms with Gasteiger partial charge in [0.25, 0.3) is 0 Å². The number of rotatable bonds is 4. The van der Waals surface area contributed by atoms with E-state index in [1.165, 1.54) is 28.9 Å². The molecule has 0 aliphatic rings. The van der Waals surface area contributed by atoms with Gasteiger partial charge in [0.2, 0.25) is 5.78 Å². The number of fused-ring (bicyclic) bond motifs is 1. The Balaban J connectivity index is 1.71. The van der Waals surface area contributed by atoms with E-state index in [4.69, 9.17) is 4.74 Å². The number of nitrogens with zero attached hydrogens (tertiary/aromatic N) is 3. The van der Waals surface area contributed by atoms with Crippen molar-refractivity contribution in [2.24, 2.45) is 0 Å². The number of halogens is 1. The van der Waals surface area contributed by atoms with Gasteiger partial charge in [-0.15, -0.1) is 5.10 Å². The summed E-state index contributed by atoms with van der Waals surface area (Å²) in [5, 5.41) is 8.99. The molecule has 7 nitrogen and oxygen atoms in total. The maximum atomic E-state index is 13.3. The number of aryl methyl sites for hydroxylation is 1. The summed E-state index contributed by atoms with van der Waals surface area (Å²) in [5.74, 6) is 0.0328. The summed E-state index contributed by atoms with van der Waals surface area (Å²) in [6, 6.07) is 16.2. The van der Waals surface area contributed by atoms with Crippen LogP contribution in [0.1, 0.15) is 42.5 Å². The van der Waals surface area contributed by atoms with Gasteiger partial charge in [-0.25, -0.2) is 14.2 Å². The molecule has 2 aromatic heterocycles. The molecule has 0 amide bonds. The smallest absolute Gasteiger partial charge is 0.435 e. The molecule has 2 aromatic carbocycles. The standard InChI is InChI=1S/C25H23FN4O3/c1-15-13-21(29-30(15)24(32)33-25(2,3)4)28-23-19-8-6-5-7-17(19)14-20(27-23)22(31)16-9-11-18(26)12-10-16/h5-14H,1-4H3,(H,27,28,29). The van der Waals surface area contributed by atoms with Gasteiger partial charge in [0.1, 0.15) is 22.9 Å². The Labute approximate surface area is 190 Å². The number of carbonyl (C=O) groups is 2. The summed E-state index contributed by atoms with van der Waals surface area (Å²) in [6.45, 7) is 7.08. The zero-order valence-electron chi connectivity index (χ0n) is 18.7. The highest BCUT2D eigenvalue weighted by Crippen LogP contribution is 2.27. The Kier molecular flexibility index (Phi) is 5.68. The number of aromatic nitrogens is 3. The molecular formula is C25H23FN4O3. The lowest BCUT2D eigenvalue weighted by Gasteiger charge is -2.19. The predicted molar refractivity (Wildman–Crippen MR) is 123 cm³/mol. The number of ketones is 1. The van der Waals surface area contributed by atoms with Crippen molar-refractivity contribution >= 4 is 34.3 Å². The van der Waals surface area contributed by atoms with Crippen LogP contribution < -0.4 is 5.32 Å². The van der Waals surface area contributed by atoms with Crippen molar-refractivity contribution in [3.8, 4) is 0 Å². The molecule has 0 aliphatic carbocycles. The van der Waals surface area contributed by atoms with Gasteiger partial charge in [0, 0.05) is 22.7 Å². The van der Waals surface area contributed by atoms with E-state index in [0.29, 0.717) is 22.9 Å². The Morgan fingerprint density at radius 1 is 1.03 bits per heavy atom. The molecule has 4 rings (SSSR count).